The highest BCUT2D eigenvalue weighted by molar-refractivity contribution is 14.0. The van der Waals surface area contributed by atoms with E-state index in [1.165, 1.54) is 18.2 Å². The van der Waals surface area contributed by atoms with Crippen LogP contribution in [0.1, 0.15) is 43.3 Å². The summed E-state index contributed by atoms with van der Waals surface area (Å²) in [4.78, 5) is 4.42. The Labute approximate surface area is 180 Å². The van der Waals surface area contributed by atoms with Crippen LogP contribution in [0, 0.1) is 18.6 Å². The normalized spacial score (nSPS) is 20.9. The third-order valence-electron chi connectivity index (χ3n) is 4.64. The number of hydrogen-bond donors (Lipinski definition) is 3. The summed E-state index contributed by atoms with van der Waals surface area (Å²) < 4.78 is 33.4. The molecular formula is C20H26F2IN3O2. The van der Waals surface area contributed by atoms with Gasteiger partial charge in [0.1, 0.15) is 28.8 Å². The van der Waals surface area contributed by atoms with Gasteiger partial charge in [0.15, 0.2) is 5.96 Å². The maximum atomic E-state index is 13.9. The lowest BCUT2D eigenvalue weighted by Crippen LogP contribution is -2.40. The quantitative estimate of drug-likeness (QED) is 0.318. The molecule has 0 saturated heterocycles. The molecule has 2 aromatic rings. The molecule has 8 heteroatoms. The van der Waals surface area contributed by atoms with E-state index in [1.54, 1.807) is 19.1 Å². The first-order chi connectivity index (χ1) is 12.8. The van der Waals surface area contributed by atoms with Gasteiger partial charge in [-0.3, -0.25) is 0 Å². The fourth-order valence-corrected chi connectivity index (χ4v) is 3.07. The van der Waals surface area contributed by atoms with Crippen LogP contribution in [0.25, 0.3) is 0 Å². The summed E-state index contributed by atoms with van der Waals surface area (Å²) in [7, 11) is 0. The van der Waals surface area contributed by atoms with Gasteiger partial charge in [-0.15, -0.1) is 24.0 Å². The van der Waals surface area contributed by atoms with E-state index >= 15 is 0 Å². The molecule has 0 bridgehead atoms. The lowest BCUT2D eigenvalue weighted by atomic mass is 10.0. The zero-order valence-electron chi connectivity index (χ0n) is 16.1. The molecule has 1 heterocycles. The van der Waals surface area contributed by atoms with Crippen molar-refractivity contribution in [3.05, 3.63) is 59.1 Å². The van der Waals surface area contributed by atoms with Crippen molar-refractivity contribution in [2.75, 3.05) is 13.1 Å². The maximum absolute atomic E-state index is 13.9. The van der Waals surface area contributed by atoms with Gasteiger partial charge in [-0.25, -0.2) is 13.8 Å². The van der Waals surface area contributed by atoms with E-state index in [0.717, 1.165) is 0 Å². The number of hydrogen-bond acceptors (Lipinski definition) is 3. The molecule has 0 radical (unpaired) electrons. The van der Waals surface area contributed by atoms with Crippen molar-refractivity contribution in [2.45, 2.75) is 44.8 Å². The van der Waals surface area contributed by atoms with Crippen LogP contribution in [-0.4, -0.2) is 30.2 Å². The Hall–Kier alpha value is -1.68. The maximum Gasteiger partial charge on any atom is 0.191 e. The molecule has 1 aliphatic carbocycles. The third-order valence-corrected chi connectivity index (χ3v) is 4.64. The summed E-state index contributed by atoms with van der Waals surface area (Å²) in [5.41, 5.74) is -1.14. The van der Waals surface area contributed by atoms with Gasteiger partial charge in [-0.2, -0.15) is 0 Å². The highest BCUT2D eigenvalue weighted by Gasteiger charge is 2.42. The summed E-state index contributed by atoms with van der Waals surface area (Å²) in [5.74, 6) is 0.364. The number of halogens is 3. The van der Waals surface area contributed by atoms with Crippen LogP contribution < -0.4 is 10.6 Å². The highest BCUT2D eigenvalue weighted by Crippen LogP contribution is 2.43. The van der Waals surface area contributed by atoms with Crippen molar-refractivity contribution in [3.63, 3.8) is 0 Å². The molecule has 3 rings (SSSR count). The lowest BCUT2D eigenvalue weighted by molar-refractivity contribution is 0.0428. The van der Waals surface area contributed by atoms with Crippen LogP contribution in [0.3, 0.4) is 0 Å². The Bertz CT molecular complexity index is 818. The Morgan fingerprint density at radius 1 is 1.29 bits per heavy atom. The van der Waals surface area contributed by atoms with Crippen LogP contribution in [0.4, 0.5) is 8.78 Å². The molecule has 28 heavy (non-hydrogen) atoms. The molecule has 0 amide bonds. The number of aliphatic hydroxyl groups is 1. The molecule has 0 spiro atoms. The summed E-state index contributed by atoms with van der Waals surface area (Å²) in [5, 5.41) is 16.9. The van der Waals surface area contributed by atoms with Crippen molar-refractivity contribution < 1.29 is 18.3 Å². The van der Waals surface area contributed by atoms with Crippen LogP contribution in [0.15, 0.2) is 39.7 Å². The van der Waals surface area contributed by atoms with Gasteiger partial charge in [0.25, 0.3) is 0 Å². The van der Waals surface area contributed by atoms with E-state index in [2.05, 4.69) is 15.6 Å². The number of aliphatic imine (C=N–C) groups is 1. The molecule has 154 valence electrons. The van der Waals surface area contributed by atoms with Gasteiger partial charge in [0, 0.05) is 24.1 Å². The summed E-state index contributed by atoms with van der Waals surface area (Å²) in [6, 6.07) is 7.32. The van der Waals surface area contributed by atoms with Gasteiger partial charge in [-0.1, -0.05) is 6.07 Å². The van der Waals surface area contributed by atoms with E-state index in [0.29, 0.717) is 30.4 Å². The molecule has 3 atom stereocenters. The Morgan fingerprint density at radius 2 is 1.96 bits per heavy atom. The Morgan fingerprint density at radius 3 is 2.54 bits per heavy atom. The SMILES string of the molecule is CCNC(=NCC(C)(O)c1ccc(C)o1)NC1CC1c1c(F)cccc1F.I. The third kappa shape index (κ3) is 5.22. The first kappa shape index (κ1) is 22.6. The smallest absolute Gasteiger partial charge is 0.191 e. The lowest BCUT2D eigenvalue weighted by Gasteiger charge is -2.20. The van der Waals surface area contributed by atoms with Crippen molar-refractivity contribution >= 4 is 29.9 Å². The molecule has 1 aliphatic rings. The summed E-state index contributed by atoms with van der Waals surface area (Å²) in [6.07, 6.45) is 0.621. The van der Waals surface area contributed by atoms with Crippen molar-refractivity contribution in [2.24, 2.45) is 4.99 Å². The number of guanidine groups is 1. The van der Waals surface area contributed by atoms with E-state index in [1.807, 2.05) is 13.8 Å². The molecule has 1 fully saturated rings. The molecule has 5 nitrogen and oxygen atoms in total. The second kappa shape index (κ2) is 9.21. The molecular weight excluding hydrogens is 479 g/mol. The molecule has 1 saturated carbocycles. The van der Waals surface area contributed by atoms with E-state index < -0.39 is 17.2 Å². The standard InChI is InChI=1S/C20H25F2N3O2.HI/c1-4-23-19(24-11-20(3,26)17-9-8-12(2)27-17)25-16-10-13(16)18-14(21)6-5-7-15(18)22;/h5-9,13,16,26H,4,10-11H2,1-3H3,(H2,23,24,25);1H. The minimum absolute atomic E-state index is 0. The zero-order chi connectivity index (χ0) is 19.6. The van der Waals surface area contributed by atoms with Crippen LogP contribution in [0.2, 0.25) is 0 Å². The van der Waals surface area contributed by atoms with Crippen molar-refractivity contribution in [1.29, 1.82) is 0 Å². The minimum Gasteiger partial charge on any atom is -0.463 e. The largest absolute Gasteiger partial charge is 0.463 e. The number of nitrogens with one attached hydrogen (secondary N) is 2. The average molecular weight is 505 g/mol. The number of aryl methyl sites for hydroxylation is 1. The molecule has 3 unspecified atom stereocenters. The second-order valence-corrected chi connectivity index (χ2v) is 7.11. The fraction of sp³-hybridized carbons (Fsp3) is 0.450. The number of nitrogens with zero attached hydrogens (tertiary/aromatic N) is 1. The van der Waals surface area contributed by atoms with Gasteiger partial charge < -0.3 is 20.2 Å². The van der Waals surface area contributed by atoms with Gasteiger partial charge in [-0.05, 0) is 51.5 Å². The predicted molar refractivity (Wildman–Crippen MR) is 115 cm³/mol. The number of rotatable bonds is 6. The van der Waals surface area contributed by atoms with E-state index in [9.17, 15) is 13.9 Å². The first-order valence-corrected chi connectivity index (χ1v) is 9.10. The number of benzene rings is 1. The Balaban J connectivity index is 0.00000280. The van der Waals surface area contributed by atoms with Gasteiger partial charge in [0.05, 0.1) is 6.54 Å². The van der Waals surface area contributed by atoms with E-state index in [4.69, 9.17) is 4.42 Å². The molecule has 1 aromatic carbocycles. The number of furan rings is 1. The van der Waals surface area contributed by atoms with E-state index in [-0.39, 0.29) is 48.0 Å². The second-order valence-electron chi connectivity index (χ2n) is 7.11. The van der Waals surface area contributed by atoms with Crippen LogP contribution in [0.5, 0.6) is 0 Å². The average Bonchev–Trinajstić information content (AvgIpc) is 3.19. The van der Waals surface area contributed by atoms with Gasteiger partial charge in [0.2, 0.25) is 0 Å². The predicted octanol–water partition coefficient (Wildman–Crippen LogP) is 3.80. The Kier molecular flexibility index (Phi) is 7.44. The van der Waals surface area contributed by atoms with Crippen molar-refractivity contribution in [3.8, 4) is 0 Å². The van der Waals surface area contributed by atoms with Crippen LogP contribution >= 0.6 is 24.0 Å². The van der Waals surface area contributed by atoms with Crippen molar-refractivity contribution in [1.82, 2.24) is 10.6 Å². The zero-order valence-corrected chi connectivity index (χ0v) is 18.5. The topological polar surface area (TPSA) is 69.8 Å². The highest BCUT2D eigenvalue weighted by atomic mass is 127. The van der Waals surface area contributed by atoms with Gasteiger partial charge >= 0.3 is 0 Å². The monoisotopic (exact) mass is 505 g/mol. The summed E-state index contributed by atoms with van der Waals surface area (Å²) >= 11 is 0. The first-order valence-electron chi connectivity index (χ1n) is 9.10. The minimum atomic E-state index is -1.25. The molecule has 1 aromatic heterocycles. The molecule has 3 N–H and O–H groups in total. The fourth-order valence-electron chi connectivity index (χ4n) is 3.07. The molecule has 0 aliphatic heterocycles. The summed E-state index contributed by atoms with van der Waals surface area (Å²) in [6.45, 7) is 6.07. The van der Waals surface area contributed by atoms with Crippen LogP contribution in [-0.2, 0) is 5.60 Å².